The molecule has 0 saturated carbocycles. The lowest BCUT2D eigenvalue weighted by molar-refractivity contribution is 0.0735. The highest BCUT2D eigenvalue weighted by Gasteiger charge is 2.23. The van der Waals surface area contributed by atoms with Gasteiger partial charge in [0.05, 0.1) is 12.2 Å². The van der Waals surface area contributed by atoms with Crippen LogP contribution in [0.15, 0.2) is 60.7 Å². The van der Waals surface area contributed by atoms with Gasteiger partial charge in [0, 0.05) is 0 Å². The van der Waals surface area contributed by atoms with Crippen molar-refractivity contribution < 1.29 is 23.4 Å². The summed E-state index contributed by atoms with van der Waals surface area (Å²) in [7, 11) is 0. The first-order valence-corrected chi connectivity index (χ1v) is 7.93. The third kappa shape index (κ3) is 3.78. The van der Waals surface area contributed by atoms with Crippen LogP contribution in [0.1, 0.15) is 10.4 Å². The van der Waals surface area contributed by atoms with E-state index < -0.39 is 5.97 Å². The standard InChI is InChI=1S/C20H15FO4/c21-16-5-1-15-10-18(8-4-14(15)9-16)25-20(22)13-2-6-17(7-3-13)23-11-19-12-24-19/h1-10,19H,11-12H2. The average molecular weight is 338 g/mol. The zero-order valence-electron chi connectivity index (χ0n) is 13.3. The van der Waals surface area contributed by atoms with E-state index in [-0.39, 0.29) is 11.9 Å². The number of carbonyl (C=O) groups excluding carboxylic acids is 1. The van der Waals surface area contributed by atoms with Crippen LogP contribution in [0.4, 0.5) is 4.39 Å². The summed E-state index contributed by atoms with van der Waals surface area (Å²) in [4.78, 5) is 12.2. The summed E-state index contributed by atoms with van der Waals surface area (Å²) in [5.41, 5.74) is 0.425. The van der Waals surface area contributed by atoms with Crippen molar-refractivity contribution in [1.29, 1.82) is 0 Å². The first-order chi connectivity index (χ1) is 12.2. The van der Waals surface area contributed by atoms with E-state index in [4.69, 9.17) is 14.2 Å². The molecule has 25 heavy (non-hydrogen) atoms. The van der Waals surface area contributed by atoms with E-state index in [0.29, 0.717) is 23.7 Å². The largest absolute Gasteiger partial charge is 0.491 e. The number of rotatable bonds is 5. The van der Waals surface area contributed by atoms with Crippen LogP contribution in [0.2, 0.25) is 0 Å². The highest BCUT2D eigenvalue weighted by molar-refractivity contribution is 5.92. The van der Waals surface area contributed by atoms with Crippen molar-refractivity contribution in [3.63, 3.8) is 0 Å². The molecule has 1 aliphatic heterocycles. The molecule has 1 saturated heterocycles. The normalized spacial score (nSPS) is 15.8. The first-order valence-electron chi connectivity index (χ1n) is 7.93. The average Bonchev–Trinajstić information content (AvgIpc) is 3.45. The van der Waals surface area contributed by atoms with Crippen molar-refractivity contribution in [2.45, 2.75) is 6.10 Å². The smallest absolute Gasteiger partial charge is 0.343 e. The van der Waals surface area contributed by atoms with Gasteiger partial charge < -0.3 is 14.2 Å². The Hall–Kier alpha value is -2.92. The second-order valence-corrected chi connectivity index (χ2v) is 5.83. The van der Waals surface area contributed by atoms with Gasteiger partial charge in [-0.05, 0) is 59.3 Å². The number of halogens is 1. The summed E-state index contributed by atoms with van der Waals surface area (Å²) >= 11 is 0. The maximum Gasteiger partial charge on any atom is 0.343 e. The minimum Gasteiger partial charge on any atom is -0.491 e. The third-order valence-electron chi connectivity index (χ3n) is 3.91. The topological polar surface area (TPSA) is 48.1 Å². The van der Waals surface area contributed by atoms with Crippen LogP contribution in [0.3, 0.4) is 0 Å². The van der Waals surface area contributed by atoms with Crippen LogP contribution < -0.4 is 9.47 Å². The van der Waals surface area contributed by atoms with E-state index in [1.807, 2.05) is 0 Å². The van der Waals surface area contributed by atoms with E-state index in [2.05, 4.69) is 0 Å². The lowest BCUT2D eigenvalue weighted by Crippen LogP contribution is -2.09. The number of carbonyl (C=O) groups is 1. The Morgan fingerprint density at radius 3 is 2.44 bits per heavy atom. The van der Waals surface area contributed by atoms with Crippen molar-refractivity contribution in [3.05, 3.63) is 72.0 Å². The van der Waals surface area contributed by atoms with Crippen molar-refractivity contribution >= 4 is 16.7 Å². The van der Waals surface area contributed by atoms with Crippen molar-refractivity contribution in [2.75, 3.05) is 13.2 Å². The summed E-state index contributed by atoms with van der Waals surface area (Å²) in [6.07, 6.45) is 0.186. The van der Waals surface area contributed by atoms with Crippen LogP contribution in [-0.4, -0.2) is 25.3 Å². The molecule has 1 fully saturated rings. The molecule has 4 nitrogen and oxygen atoms in total. The maximum atomic E-state index is 13.2. The summed E-state index contributed by atoms with van der Waals surface area (Å²) in [5, 5.41) is 1.55. The number of fused-ring (bicyclic) bond motifs is 1. The summed E-state index contributed by atoms with van der Waals surface area (Å²) in [6, 6.07) is 16.3. The van der Waals surface area contributed by atoms with Gasteiger partial charge in [-0.25, -0.2) is 9.18 Å². The molecule has 0 amide bonds. The summed E-state index contributed by atoms with van der Waals surface area (Å²) in [6.45, 7) is 1.25. The van der Waals surface area contributed by atoms with Crippen LogP contribution in [0, 0.1) is 5.82 Å². The molecule has 0 aromatic heterocycles. The number of esters is 1. The van der Waals surface area contributed by atoms with Crippen LogP contribution >= 0.6 is 0 Å². The quantitative estimate of drug-likeness (QED) is 0.401. The molecule has 0 bridgehead atoms. The molecular formula is C20H15FO4. The van der Waals surface area contributed by atoms with E-state index in [0.717, 1.165) is 17.4 Å². The SMILES string of the molecule is O=C(Oc1ccc2cc(F)ccc2c1)c1ccc(OCC2CO2)cc1. The van der Waals surface area contributed by atoms with Gasteiger partial charge in [-0.2, -0.15) is 0 Å². The Morgan fingerprint density at radius 1 is 1.00 bits per heavy atom. The number of hydrogen-bond acceptors (Lipinski definition) is 4. The fraction of sp³-hybridized carbons (Fsp3) is 0.150. The van der Waals surface area contributed by atoms with Crippen molar-refractivity contribution in [2.24, 2.45) is 0 Å². The Morgan fingerprint density at radius 2 is 1.68 bits per heavy atom. The molecule has 0 N–H and O–H groups in total. The van der Waals surface area contributed by atoms with Gasteiger partial charge in [-0.1, -0.05) is 12.1 Å². The van der Waals surface area contributed by atoms with Crippen molar-refractivity contribution in [3.8, 4) is 11.5 Å². The number of epoxide rings is 1. The third-order valence-corrected chi connectivity index (χ3v) is 3.91. The molecule has 0 aliphatic carbocycles. The van der Waals surface area contributed by atoms with Gasteiger partial charge in [0.1, 0.15) is 30.0 Å². The van der Waals surface area contributed by atoms with Gasteiger partial charge in [-0.3, -0.25) is 0 Å². The minimum absolute atomic E-state index is 0.186. The molecule has 1 unspecified atom stereocenters. The first kappa shape index (κ1) is 15.6. The molecule has 1 aliphatic rings. The van der Waals surface area contributed by atoms with Crippen LogP contribution in [-0.2, 0) is 4.74 Å². The monoisotopic (exact) mass is 338 g/mol. The van der Waals surface area contributed by atoms with Gasteiger partial charge in [0.15, 0.2) is 0 Å². The molecule has 1 heterocycles. The summed E-state index contributed by atoms with van der Waals surface area (Å²) in [5.74, 6) is 0.335. The van der Waals surface area contributed by atoms with Crippen LogP contribution in [0.25, 0.3) is 10.8 Å². The van der Waals surface area contributed by atoms with Gasteiger partial charge in [0.25, 0.3) is 0 Å². The molecule has 5 heteroatoms. The Balaban J connectivity index is 1.44. The zero-order valence-corrected chi connectivity index (χ0v) is 13.3. The van der Waals surface area contributed by atoms with Gasteiger partial charge in [-0.15, -0.1) is 0 Å². The molecule has 126 valence electrons. The van der Waals surface area contributed by atoms with Crippen molar-refractivity contribution in [1.82, 2.24) is 0 Å². The van der Waals surface area contributed by atoms with E-state index in [1.54, 1.807) is 48.5 Å². The van der Waals surface area contributed by atoms with Gasteiger partial charge in [0.2, 0.25) is 0 Å². The molecule has 4 rings (SSSR count). The molecule has 0 radical (unpaired) electrons. The maximum absolute atomic E-state index is 13.2. The molecule has 1 atom stereocenters. The minimum atomic E-state index is -0.460. The highest BCUT2D eigenvalue weighted by Crippen LogP contribution is 2.23. The van der Waals surface area contributed by atoms with E-state index in [1.165, 1.54) is 12.1 Å². The predicted molar refractivity (Wildman–Crippen MR) is 90.5 cm³/mol. The molecule has 3 aromatic carbocycles. The second kappa shape index (κ2) is 6.53. The fourth-order valence-corrected chi connectivity index (χ4v) is 2.46. The van der Waals surface area contributed by atoms with Gasteiger partial charge >= 0.3 is 5.97 Å². The highest BCUT2D eigenvalue weighted by atomic mass is 19.1. The second-order valence-electron chi connectivity index (χ2n) is 5.83. The zero-order chi connectivity index (χ0) is 17.2. The lowest BCUT2D eigenvalue weighted by atomic mass is 10.1. The lowest BCUT2D eigenvalue weighted by Gasteiger charge is -2.07. The molecular weight excluding hydrogens is 323 g/mol. The fourth-order valence-electron chi connectivity index (χ4n) is 2.46. The number of benzene rings is 3. The number of ether oxygens (including phenoxy) is 3. The summed E-state index contributed by atoms with van der Waals surface area (Å²) < 4.78 is 29.2. The molecule has 0 spiro atoms. The predicted octanol–water partition coefficient (Wildman–Crippen LogP) is 3.98. The Bertz CT molecular complexity index is 917. The Kier molecular flexibility index (Phi) is 4.07. The Labute approximate surface area is 143 Å². The van der Waals surface area contributed by atoms with E-state index in [9.17, 15) is 9.18 Å². The van der Waals surface area contributed by atoms with E-state index >= 15 is 0 Å². The van der Waals surface area contributed by atoms with Crippen LogP contribution in [0.5, 0.6) is 11.5 Å². The molecule has 3 aromatic rings. The number of hydrogen-bond donors (Lipinski definition) is 0.